The zero-order valence-electron chi connectivity index (χ0n) is 9.97. The molecular formula is C12H13N3O2. The average molecular weight is 231 g/mol. The molecule has 0 amide bonds. The number of rotatable bonds is 3. The maximum absolute atomic E-state index is 11.3. The topological polar surface area (TPSA) is 57.0 Å². The van der Waals surface area contributed by atoms with Crippen molar-refractivity contribution in [1.82, 2.24) is 15.0 Å². The molecule has 17 heavy (non-hydrogen) atoms. The van der Waals surface area contributed by atoms with E-state index in [4.69, 9.17) is 4.74 Å². The Kier molecular flexibility index (Phi) is 2.91. The highest BCUT2D eigenvalue weighted by Gasteiger charge is 2.13. The molecule has 0 atom stereocenters. The van der Waals surface area contributed by atoms with E-state index in [1.807, 2.05) is 31.2 Å². The summed E-state index contributed by atoms with van der Waals surface area (Å²) in [6.07, 6.45) is 0. The van der Waals surface area contributed by atoms with Crippen LogP contribution >= 0.6 is 0 Å². The minimum atomic E-state index is -0.0864. The number of ketones is 1. The van der Waals surface area contributed by atoms with Crippen LogP contribution in [0.5, 0.6) is 5.75 Å². The van der Waals surface area contributed by atoms with Gasteiger partial charge in [-0.25, -0.2) is 4.68 Å². The van der Waals surface area contributed by atoms with Crippen molar-refractivity contribution in [3.05, 3.63) is 35.7 Å². The van der Waals surface area contributed by atoms with Crippen LogP contribution in [-0.2, 0) is 0 Å². The second-order valence-corrected chi connectivity index (χ2v) is 3.69. The van der Waals surface area contributed by atoms with Gasteiger partial charge in [-0.3, -0.25) is 4.79 Å². The number of Topliss-reactive ketones (excluding diaryl/α,β-unsaturated/α-hetero) is 1. The summed E-state index contributed by atoms with van der Waals surface area (Å²) in [5, 5.41) is 7.84. The SMILES string of the molecule is COc1cccc(-n2nnc(C(C)=O)c2C)c1. The Bertz CT molecular complexity index is 561. The van der Waals surface area contributed by atoms with E-state index in [-0.39, 0.29) is 5.78 Å². The van der Waals surface area contributed by atoms with Crippen LogP contribution in [0.1, 0.15) is 23.1 Å². The Morgan fingerprint density at radius 2 is 2.18 bits per heavy atom. The molecule has 0 aliphatic heterocycles. The van der Waals surface area contributed by atoms with Crippen molar-refractivity contribution < 1.29 is 9.53 Å². The summed E-state index contributed by atoms with van der Waals surface area (Å²) in [6.45, 7) is 3.29. The number of nitrogens with zero attached hydrogens (tertiary/aromatic N) is 3. The predicted octanol–water partition coefficient (Wildman–Crippen LogP) is 1.79. The van der Waals surface area contributed by atoms with Crippen molar-refractivity contribution in [1.29, 1.82) is 0 Å². The predicted molar refractivity (Wildman–Crippen MR) is 62.7 cm³/mol. The fourth-order valence-electron chi connectivity index (χ4n) is 1.64. The maximum Gasteiger partial charge on any atom is 0.181 e. The quantitative estimate of drug-likeness (QED) is 0.755. The molecule has 1 aromatic carbocycles. The lowest BCUT2D eigenvalue weighted by Crippen LogP contribution is -2.01. The summed E-state index contributed by atoms with van der Waals surface area (Å²) in [6, 6.07) is 7.43. The molecule has 0 spiro atoms. The summed E-state index contributed by atoms with van der Waals surface area (Å²) in [5.74, 6) is 0.651. The van der Waals surface area contributed by atoms with Crippen LogP contribution in [0, 0.1) is 6.92 Å². The van der Waals surface area contributed by atoms with Gasteiger partial charge in [0, 0.05) is 13.0 Å². The van der Waals surface area contributed by atoms with E-state index in [0.717, 1.165) is 17.1 Å². The minimum absolute atomic E-state index is 0.0864. The Morgan fingerprint density at radius 1 is 1.41 bits per heavy atom. The summed E-state index contributed by atoms with van der Waals surface area (Å²) in [5.41, 5.74) is 1.94. The summed E-state index contributed by atoms with van der Waals surface area (Å²) < 4.78 is 6.77. The third kappa shape index (κ3) is 2.04. The highest BCUT2D eigenvalue weighted by molar-refractivity contribution is 5.93. The molecule has 1 heterocycles. The van der Waals surface area contributed by atoms with Crippen LogP contribution in [0.15, 0.2) is 24.3 Å². The molecule has 2 aromatic rings. The Hall–Kier alpha value is -2.17. The zero-order valence-corrected chi connectivity index (χ0v) is 9.97. The molecule has 88 valence electrons. The first kappa shape index (κ1) is 11.3. The van der Waals surface area contributed by atoms with Gasteiger partial charge in [-0.2, -0.15) is 0 Å². The van der Waals surface area contributed by atoms with E-state index < -0.39 is 0 Å². The van der Waals surface area contributed by atoms with Gasteiger partial charge in [0.15, 0.2) is 11.5 Å². The third-order valence-electron chi connectivity index (χ3n) is 2.53. The molecule has 0 saturated carbocycles. The standard InChI is InChI=1S/C12H13N3O2/c1-8-12(9(2)16)13-14-15(8)10-5-4-6-11(7-10)17-3/h4-7H,1-3H3. The van der Waals surface area contributed by atoms with Crippen LogP contribution in [0.25, 0.3) is 5.69 Å². The number of methoxy groups -OCH3 is 1. The van der Waals surface area contributed by atoms with Gasteiger partial charge >= 0.3 is 0 Å². The largest absolute Gasteiger partial charge is 0.497 e. The van der Waals surface area contributed by atoms with E-state index in [0.29, 0.717) is 5.69 Å². The molecule has 0 N–H and O–H groups in total. The first-order valence-electron chi connectivity index (χ1n) is 5.21. The molecule has 1 aromatic heterocycles. The fourth-order valence-corrected chi connectivity index (χ4v) is 1.64. The van der Waals surface area contributed by atoms with Crippen LogP contribution in [0.3, 0.4) is 0 Å². The van der Waals surface area contributed by atoms with Gasteiger partial charge in [-0.1, -0.05) is 11.3 Å². The molecule has 0 aliphatic rings. The highest BCUT2D eigenvalue weighted by Crippen LogP contribution is 2.18. The summed E-state index contributed by atoms with van der Waals surface area (Å²) in [7, 11) is 1.61. The van der Waals surface area contributed by atoms with Crippen molar-refractivity contribution >= 4 is 5.78 Å². The van der Waals surface area contributed by atoms with Crippen molar-refractivity contribution in [2.75, 3.05) is 7.11 Å². The second-order valence-electron chi connectivity index (χ2n) is 3.69. The monoisotopic (exact) mass is 231 g/mol. The van der Waals surface area contributed by atoms with E-state index in [9.17, 15) is 4.79 Å². The molecule has 2 rings (SSSR count). The van der Waals surface area contributed by atoms with Crippen LogP contribution in [0.4, 0.5) is 0 Å². The van der Waals surface area contributed by atoms with Gasteiger partial charge in [0.25, 0.3) is 0 Å². The number of aromatic nitrogens is 3. The fraction of sp³-hybridized carbons (Fsp3) is 0.250. The molecule has 5 heteroatoms. The first-order chi connectivity index (χ1) is 8.13. The van der Waals surface area contributed by atoms with Crippen molar-refractivity contribution in [2.45, 2.75) is 13.8 Å². The van der Waals surface area contributed by atoms with E-state index in [2.05, 4.69) is 10.3 Å². The number of carbonyl (C=O) groups is 1. The van der Waals surface area contributed by atoms with Gasteiger partial charge in [-0.05, 0) is 19.1 Å². The van der Waals surface area contributed by atoms with Gasteiger partial charge in [0.2, 0.25) is 0 Å². The molecule has 0 saturated heterocycles. The van der Waals surface area contributed by atoms with Gasteiger partial charge in [-0.15, -0.1) is 5.10 Å². The first-order valence-corrected chi connectivity index (χ1v) is 5.21. The number of ether oxygens (including phenoxy) is 1. The third-order valence-corrected chi connectivity index (χ3v) is 2.53. The molecule has 0 radical (unpaired) electrons. The normalized spacial score (nSPS) is 10.3. The van der Waals surface area contributed by atoms with Crippen LogP contribution < -0.4 is 4.74 Å². The lowest BCUT2D eigenvalue weighted by molar-refractivity contribution is 0.101. The number of benzene rings is 1. The Morgan fingerprint density at radius 3 is 2.76 bits per heavy atom. The lowest BCUT2D eigenvalue weighted by atomic mass is 10.2. The maximum atomic E-state index is 11.3. The Balaban J connectivity index is 2.49. The Labute approximate surface area is 99.0 Å². The summed E-state index contributed by atoms with van der Waals surface area (Å²) in [4.78, 5) is 11.3. The van der Waals surface area contributed by atoms with Crippen molar-refractivity contribution in [3.8, 4) is 11.4 Å². The van der Waals surface area contributed by atoms with Crippen molar-refractivity contribution in [2.24, 2.45) is 0 Å². The smallest absolute Gasteiger partial charge is 0.181 e. The number of hydrogen-bond acceptors (Lipinski definition) is 4. The molecule has 0 bridgehead atoms. The average Bonchev–Trinajstić information content (AvgIpc) is 2.71. The molecule has 0 fully saturated rings. The number of hydrogen-bond donors (Lipinski definition) is 0. The lowest BCUT2D eigenvalue weighted by Gasteiger charge is -2.05. The second kappa shape index (κ2) is 4.37. The van der Waals surface area contributed by atoms with Crippen LogP contribution in [0.2, 0.25) is 0 Å². The van der Waals surface area contributed by atoms with Gasteiger partial charge in [0.1, 0.15) is 5.75 Å². The van der Waals surface area contributed by atoms with Crippen LogP contribution in [-0.4, -0.2) is 27.9 Å². The van der Waals surface area contributed by atoms with E-state index in [1.165, 1.54) is 6.92 Å². The molecule has 0 aliphatic carbocycles. The van der Waals surface area contributed by atoms with E-state index >= 15 is 0 Å². The molecule has 5 nitrogen and oxygen atoms in total. The van der Waals surface area contributed by atoms with Gasteiger partial charge in [0.05, 0.1) is 18.5 Å². The summed E-state index contributed by atoms with van der Waals surface area (Å²) >= 11 is 0. The van der Waals surface area contributed by atoms with E-state index in [1.54, 1.807) is 11.8 Å². The van der Waals surface area contributed by atoms with Crippen molar-refractivity contribution in [3.63, 3.8) is 0 Å². The minimum Gasteiger partial charge on any atom is -0.497 e. The molecule has 0 unspecified atom stereocenters. The zero-order chi connectivity index (χ0) is 12.4. The number of carbonyl (C=O) groups excluding carboxylic acids is 1. The van der Waals surface area contributed by atoms with Gasteiger partial charge < -0.3 is 4.74 Å². The molecular weight excluding hydrogens is 218 g/mol. The highest BCUT2D eigenvalue weighted by atomic mass is 16.5.